The summed E-state index contributed by atoms with van der Waals surface area (Å²) in [5.74, 6) is 0.873. The van der Waals surface area contributed by atoms with Gasteiger partial charge >= 0.3 is 0 Å². The summed E-state index contributed by atoms with van der Waals surface area (Å²) >= 11 is 12.0. The first-order valence-electron chi connectivity index (χ1n) is 6.98. The largest absolute Gasteiger partial charge is 0.487 e. The highest BCUT2D eigenvalue weighted by Crippen LogP contribution is 2.32. The fraction of sp³-hybridized carbons (Fsp3) is 0.500. The first-order chi connectivity index (χ1) is 10.7. The molecule has 2 N–H and O–H groups in total. The Morgan fingerprint density at radius 2 is 1.91 bits per heavy atom. The summed E-state index contributed by atoms with van der Waals surface area (Å²) < 4.78 is 10.7. The van der Waals surface area contributed by atoms with Gasteiger partial charge in [-0.05, 0) is 12.1 Å². The highest BCUT2D eigenvalue weighted by molar-refractivity contribution is 6.37. The van der Waals surface area contributed by atoms with E-state index in [9.17, 15) is 0 Å². The number of hydrogen-bond acceptors (Lipinski definition) is 5. The second-order valence-corrected chi connectivity index (χ2v) is 5.52. The normalized spacial score (nSPS) is 16.5. The number of benzene rings is 1. The smallest absolute Gasteiger partial charge is 0.156 e. The number of rotatable bonds is 7. The molecule has 1 heterocycles. The zero-order chi connectivity index (χ0) is 15.8. The SMILES string of the molecule is N/C(CN1CCOCC1)=N\OCCOc1c(Cl)cccc1Cl. The Hall–Kier alpha value is -1.21. The van der Waals surface area contributed by atoms with E-state index in [2.05, 4.69) is 10.1 Å². The Labute approximate surface area is 139 Å². The van der Waals surface area contributed by atoms with E-state index in [1.807, 2.05) is 0 Å². The maximum absolute atomic E-state index is 5.99. The molecule has 8 heteroatoms. The second-order valence-electron chi connectivity index (χ2n) is 4.70. The summed E-state index contributed by atoms with van der Waals surface area (Å²) in [6.45, 7) is 4.25. The Morgan fingerprint density at radius 3 is 2.59 bits per heavy atom. The molecule has 0 spiro atoms. The number of halogens is 2. The summed E-state index contributed by atoms with van der Waals surface area (Å²) in [4.78, 5) is 7.29. The third-order valence-electron chi connectivity index (χ3n) is 3.01. The summed E-state index contributed by atoms with van der Waals surface area (Å²) in [7, 11) is 0. The van der Waals surface area contributed by atoms with E-state index in [4.69, 9.17) is 43.2 Å². The topological polar surface area (TPSA) is 69.3 Å². The lowest BCUT2D eigenvalue weighted by Gasteiger charge is -2.25. The molecule has 122 valence electrons. The van der Waals surface area contributed by atoms with Crippen molar-refractivity contribution in [2.45, 2.75) is 0 Å². The monoisotopic (exact) mass is 347 g/mol. The molecule has 1 saturated heterocycles. The predicted molar refractivity (Wildman–Crippen MR) is 86.8 cm³/mol. The minimum absolute atomic E-state index is 0.255. The van der Waals surface area contributed by atoms with Crippen LogP contribution < -0.4 is 10.5 Å². The molecule has 22 heavy (non-hydrogen) atoms. The zero-order valence-electron chi connectivity index (χ0n) is 12.1. The van der Waals surface area contributed by atoms with Crippen LogP contribution in [0.15, 0.2) is 23.4 Å². The number of hydrogen-bond donors (Lipinski definition) is 1. The number of nitrogens with two attached hydrogens (primary N) is 1. The second kappa shape index (κ2) is 9.05. The molecule has 0 saturated carbocycles. The summed E-state index contributed by atoms with van der Waals surface area (Å²) in [6.07, 6.45) is 0. The Morgan fingerprint density at radius 1 is 1.23 bits per heavy atom. The molecule has 0 radical (unpaired) electrons. The van der Waals surface area contributed by atoms with E-state index >= 15 is 0 Å². The van der Waals surface area contributed by atoms with Crippen molar-refractivity contribution in [1.82, 2.24) is 4.90 Å². The van der Waals surface area contributed by atoms with Crippen molar-refractivity contribution in [2.75, 3.05) is 46.1 Å². The molecule has 1 fully saturated rings. The Bertz CT molecular complexity index is 488. The zero-order valence-corrected chi connectivity index (χ0v) is 13.6. The molecule has 0 bridgehead atoms. The molecule has 1 aliphatic heterocycles. The van der Waals surface area contributed by atoms with E-state index < -0.39 is 0 Å². The van der Waals surface area contributed by atoms with E-state index in [-0.39, 0.29) is 13.2 Å². The van der Waals surface area contributed by atoms with Gasteiger partial charge in [0.2, 0.25) is 0 Å². The van der Waals surface area contributed by atoms with Gasteiger partial charge in [0.1, 0.15) is 6.61 Å². The van der Waals surface area contributed by atoms with Crippen LogP contribution >= 0.6 is 23.2 Å². The molecule has 1 aromatic carbocycles. The van der Waals surface area contributed by atoms with E-state index in [0.29, 0.717) is 28.2 Å². The van der Waals surface area contributed by atoms with E-state index in [1.165, 1.54) is 0 Å². The van der Waals surface area contributed by atoms with Crippen LogP contribution in [0.5, 0.6) is 5.75 Å². The van der Waals surface area contributed by atoms with Crippen LogP contribution in [0.2, 0.25) is 10.0 Å². The number of nitrogens with zero attached hydrogens (tertiary/aromatic N) is 2. The van der Waals surface area contributed by atoms with Gasteiger partial charge in [0.25, 0.3) is 0 Å². The lowest BCUT2D eigenvalue weighted by Crippen LogP contribution is -2.41. The van der Waals surface area contributed by atoms with Gasteiger partial charge in [-0.15, -0.1) is 0 Å². The highest BCUT2D eigenvalue weighted by atomic mass is 35.5. The van der Waals surface area contributed by atoms with Crippen LogP contribution in [0.1, 0.15) is 0 Å². The predicted octanol–water partition coefficient (Wildman–Crippen LogP) is 1.99. The first kappa shape index (κ1) is 17.1. The van der Waals surface area contributed by atoms with Gasteiger partial charge in [0.05, 0.1) is 29.8 Å². The molecule has 1 aliphatic rings. The quantitative estimate of drug-likeness (QED) is 0.353. The fourth-order valence-electron chi connectivity index (χ4n) is 1.95. The molecule has 0 atom stereocenters. The molecule has 6 nitrogen and oxygen atoms in total. The Balaban J connectivity index is 1.66. The number of oxime groups is 1. The van der Waals surface area contributed by atoms with Crippen LogP contribution in [-0.2, 0) is 9.57 Å². The van der Waals surface area contributed by atoms with Crippen molar-refractivity contribution in [3.63, 3.8) is 0 Å². The number of ether oxygens (including phenoxy) is 2. The van der Waals surface area contributed by atoms with Crippen molar-refractivity contribution < 1.29 is 14.3 Å². The third kappa shape index (κ3) is 5.53. The molecular formula is C14H19Cl2N3O3. The van der Waals surface area contributed by atoms with Crippen LogP contribution in [0.4, 0.5) is 0 Å². The van der Waals surface area contributed by atoms with Crippen LogP contribution in [0, 0.1) is 0 Å². The lowest BCUT2D eigenvalue weighted by atomic mass is 10.3. The maximum Gasteiger partial charge on any atom is 0.156 e. The highest BCUT2D eigenvalue weighted by Gasteiger charge is 2.11. The van der Waals surface area contributed by atoms with E-state index in [1.54, 1.807) is 18.2 Å². The summed E-state index contributed by atoms with van der Waals surface area (Å²) in [5, 5.41) is 4.78. The number of morpholine rings is 1. The van der Waals surface area contributed by atoms with Gasteiger partial charge in [-0.3, -0.25) is 4.90 Å². The first-order valence-corrected chi connectivity index (χ1v) is 7.73. The summed E-state index contributed by atoms with van der Waals surface area (Å²) in [6, 6.07) is 5.18. The van der Waals surface area contributed by atoms with Crippen molar-refractivity contribution >= 4 is 29.0 Å². The van der Waals surface area contributed by atoms with Crippen molar-refractivity contribution in [1.29, 1.82) is 0 Å². The minimum atomic E-state index is 0.255. The van der Waals surface area contributed by atoms with Gasteiger partial charge < -0.3 is 20.0 Å². The van der Waals surface area contributed by atoms with E-state index in [0.717, 1.165) is 26.3 Å². The van der Waals surface area contributed by atoms with Gasteiger partial charge in [-0.2, -0.15) is 0 Å². The van der Waals surface area contributed by atoms with Crippen molar-refractivity contribution in [3.05, 3.63) is 28.2 Å². The number of para-hydroxylation sites is 1. The average molecular weight is 348 g/mol. The van der Waals surface area contributed by atoms with Crippen LogP contribution in [0.25, 0.3) is 0 Å². The van der Waals surface area contributed by atoms with Crippen molar-refractivity contribution in [3.8, 4) is 5.75 Å². The van der Waals surface area contributed by atoms with Gasteiger partial charge in [-0.1, -0.05) is 34.4 Å². The molecule has 0 aromatic heterocycles. The third-order valence-corrected chi connectivity index (χ3v) is 3.61. The molecule has 0 aliphatic carbocycles. The molecule has 1 aromatic rings. The van der Waals surface area contributed by atoms with Crippen LogP contribution in [0.3, 0.4) is 0 Å². The van der Waals surface area contributed by atoms with Crippen molar-refractivity contribution in [2.24, 2.45) is 10.9 Å². The maximum atomic E-state index is 5.99. The van der Waals surface area contributed by atoms with Crippen LogP contribution in [-0.4, -0.2) is 56.8 Å². The fourth-order valence-corrected chi connectivity index (χ4v) is 2.45. The van der Waals surface area contributed by atoms with Gasteiger partial charge in [0.15, 0.2) is 18.2 Å². The van der Waals surface area contributed by atoms with Gasteiger partial charge in [0, 0.05) is 13.1 Å². The van der Waals surface area contributed by atoms with Gasteiger partial charge in [-0.25, -0.2) is 0 Å². The lowest BCUT2D eigenvalue weighted by molar-refractivity contribution is 0.0442. The molecule has 0 amide bonds. The standard InChI is InChI=1S/C14H19Cl2N3O3/c15-11-2-1-3-12(16)14(11)21-8-9-22-18-13(17)10-19-4-6-20-7-5-19/h1-3H,4-10H2,(H2,17,18). The molecule has 0 unspecified atom stereocenters. The number of amidine groups is 1. The minimum Gasteiger partial charge on any atom is -0.487 e. The summed E-state index contributed by atoms with van der Waals surface area (Å²) in [5.41, 5.74) is 5.81. The molecule has 2 rings (SSSR count). The Kier molecular flexibility index (Phi) is 7.05. The molecular weight excluding hydrogens is 329 g/mol. The average Bonchev–Trinajstić information content (AvgIpc) is 2.50.